The van der Waals surface area contributed by atoms with Gasteiger partial charge < -0.3 is 0 Å². The second kappa shape index (κ2) is 9.41. The molecule has 0 aliphatic heterocycles. The zero-order valence-electron chi connectivity index (χ0n) is 16.1. The lowest BCUT2D eigenvalue weighted by molar-refractivity contribution is -0.384. The summed E-state index contributed by atoms with van der Waals surface area (Å²) in [5.41, 5.74) is 2.94. The molecule has 2 aromatic carbocycles. The van der Waals surface area contributed by atoms with Crippen LogP contribution in [-0.4, -0.2) is 42.6 Å². The van der Waals surface area contributed by atoms with Gasteiger partial charge in [0.05, 0.1) is 15.4 Å². The average molecular weight is 438 g/mol. The highest BCUT2D eigenvalue weighted by atomic mass is 32.2. The molecule has 2 amide bonds. The summed E-state index contributed by atoms with van der Waals surface area (Å²) in [4.78, 5) is 34.2. The van der Waals surface area contributed by atoms with Gasteiger partial charge in [0, 0.05) is 30.8 Å². The van der Waals surface area contributed by atoms with E-state index in [9.17, 15) is 32.5 Å². The number of nitro benzene ring substituents is 1. The number of nitro groups is 1. The van der Waals surface area contributed by atoms with E-state index in [4.69, 9.17) is 0 Å². The maximum atomic E-state index is 14.1. The predicted octanol–water partition coefficient (Wildman–Crippen LogP) is 1.84. The van der Waals surface area contributed by atoms with Gasteiger partial charge in [0.1, 0.15) is 5.82 Å². The highest BCUT2D eigenvalue weighted by molar-refractivity contribution is 7.89. The van der Waals surface area contributed by atoms with Crippen molar-refractivity contribution in [1.82, 2.24) is 15.2 Å². The summed E-state index contributed by atoms with van der Waals surface area (Å²) in [6.45, 7) is 3.66. The second-order valence-electron chi connectivity index (χ2n) is 5.95. The number of hydrogen-bond acceptors (Lipinski definition) is 6. The summed E-state index contributed by atoms with van der Waals surface area (Å²) in [6, 6.07) is 7.52. The lowest BCUT2D eigenvalue weighted by Gasteiger charge is -2.19. The molecule has 10 nitrogen and oxygen atoms in total. The van der Waals surface area contributed by atoms with E-state index < -0.39 is 38.1 Å². The van der Waals surface area contributed by atoms with Gasteiger partial charge in [-0.25, -0.2) is 12.8 Å². The Morgan fingerprint density at radius 3 is 2.30 bits per heavy atom. The van der Waals surface area contributed by atoms with E-state index in [1.54, 1.807) is 13.8 Å². The minimum Gasteiger partial charge on any atom is -0.267 e. The van der Waals surface area contributed by atoms with Crippen LogP contribution in [-0.2, 0) is 10.0 Å². The first-order valence-corrected chi connectivity index (χ1v) is 10.2. The van der Waals surface area contributed by atoms with Crippen LogP contribution >= 0.6 is 0 Å². The quantitative estimate of drug-likeness (QED) is 0.500. The van der Waals surface area contributed by atoms with E-state index in [0.29, 0.717) is 0 Å². The maximum absolute atomic E-state index is 14.1. The van der Waals surface area contributed by atoms with Crippen molar-refractivity contribution in [3.63, 3.8) is 0 Å². The smallest absolute Gasteiger partial charge is 0.267 e. The maximum Gasteiger partial charge on any atom is 0.272 e. The predicted molar refractivity (Wildman–Crippen MR) is 105 cm³/mol. The Kier molecular flexibility index (Phi) is 7.19. The second-order valence-corrected chi connectivity index (χ2v) is 7.88. The van der Waals surface area contributed by atoms with Crippen LogP contribution in [0.3, 0.4) is 0 Å². The van der Waals surface area contributed by atoms with E-state index in [1.807, 2.05) is 10.9 Å². The van der Waals surface area contributed by atoms with Crippen LogP contribution in [0.15, 0.2) is 47.4 Å². The van der Waals surface area contributed by atoms with Crippen LogP contribution < -0.4 is 10.9 Å². The van der Waals surface area contributed by atoms with Crippen molar-refractivity contribution < 1.29 is 27.3 Å². The molecule has 2 aromatic rings. The summed E-state index contributed by atoms with van der Waals surface area (Å²) in [5.74, 6) is -2.96. The monoisotopic (exact) mass is 438 g/mol. The molecule has 2 N–H and O–H groups in total. The number of amides is 2. The summed E-state index contributed by atoms with van der Waals surface area (Å²) in [5, 5.41) is 10.8. The molecule has 0 fully saturated rings. The third kappa shape index (κ3) is 4.96. The fourth-order valence-corrected chi connectivity index (χ4v) is 4.05. The topological polar surface area (TPSA) is 139 Å². The zero-order chi connectivity index (χ0) is 22.5. The van der Waals surface area contributed by atoms with Crippen LogP contribution in [0.4, 0.5) is 10.1 Å². The molecule has 12 heteroatoms. The fourth-order valence-electron chi connectivity index (χ4n) is 2.57. The Morgan fingerprint density at radius 1 is 1.07 bits per heavy atom. The molecule has 0 atom stereocenters. The number of halogens is 1. The number of non-ortho nitro benzene ring substituents is 1. The summed E-state index contributed by atoms with van der Waals surface area (Å²) < 4.78 is 40.4. The van der Waals surface area contributed by atoms with E-state index in [2.05, 4.69) is 0 Å². The first kappa shape index (κ1) is 22.9. The third-order valence-corrected chi connectivity index (χ3v) is 6.18. The van der Waals surface area contributed by atoms with Crippen molar-refractivity contribution in [2.75, 3.05) is 13.1 Å². The molecule has 0 aliphatic rings. The number of hydrogen-bond donors (Lipinski definition) is 2. The molecule has 0 saturated heterocycles. The molecule has 0 aromatic heterocycles. The van der Waals surface area contributed by atoms with E-state index in [1.165, 1.54) is 18.2 Å². The highest BCUT2D eigenvalue weighted by Gasteiger charge is 2.24. The van der Waals surface area contributed by atoms with Gasteiger partial charge in [0.2, 0.25) is 10.0 Å². The highest BCUT2D eigenvalue weighted by Crippen LogP contribution is 2.19. The van der Waals surface area contributed by atoms with Gasteiger partial charge in [-0.2, -0.15) is 4.31 Å². The van der Waals surface area contributed by atoms with Gasteiger partial charge in [0.25, 0.3) is 17.5 Å². The van der Waals surface area contributed by atoms with Crippen LogP contribution in [0.25, 0.3) is 0 Å². The molecular weight excluding hydrogens is 419 g/mol. The average Bonchev–Trinajstić information content (AvgIpc) is 2.72. The fraction of sp³-hybridized carbons (Fsp3) is 0.222. The largest absolute Gasteiger partial charge is 0.272 e. The molecule has 0 saturated carbocycles. The number of carbonyl (C=O) groups is 2. The molecule has 0 radical (unpaired) electrons. The summed E-state index contributed by atoms with van der Waals surface area (Å²) >= 11 is 0. The van der Waals surface area contributed by atoms with Crippen molar-refractivity contribution in [3.05, 3.63) is 69.5 Å². The lowest BCUT2D eigenvalue weighted by atomic mass is 10.2. The molecular formula is C18H19FN4O6S. The standard InChI is InChI=1S/C18H19FN4O6S/c1-3-22(4-2)30(28,29)14-8-9-16(19)15(11-14)18(25)21-20-17(24)12-6-5-7-13(10-12)23(26)27/h5-11H,3-4H2,1-2H3,(H,20,24)(H,21,25). The number of carbonyl (C=O) groups excluding carboxylic acids is 2. The normalized spacial score (nSPS) is 11.2. The summed E-state index contributed by atoms with van der Waals surface area (Å²) in [6.07, 6.45) is 0. The third-order valence-electron chi connectivity index (χ3n) is 4.13. The van der Waals surface area contributed by atoms with E-state index in [-0.39, 0.29) is 29.2 Å². The van der Waals surface area contributed by atoms with Gasteiger partial charge in [-0.15, -0.1) is 0 Å². The first-order chi connectivity index (χ1) is 14.1. The molecule has 0 spiro atoms. The minimum absolute atomic E-state index is 0.108. The van der Waals surface area contributed by atoms with Crippen molar-refractivity contribution in [3.8, 4) is 0 Å². The van der Waals surface area contributed by atoms with Crippen molar-refractivity contribution in [1.29, 1.82) is 0 Å². The molecule has 160 valence electrons. The van der Waals surface area contributed by atoms with Crippen LogP contribution in [0.5, 0.6) is 0 Å². The minimum atomic E-state index is -3.93. The lowest BCUT2D eigenvalue weighted by Crippen LogP contribution is -2.42. The Labute approximate surface area is 171 Å². The Morgan fingerprint density at radius 2 is 1.70 bits per heavy atom. The summed E-state index contributed by atoms with van der Waals surface area (Å²) in [7, 11) is -3.93. The molecule has 30 heavy (non-hydrogen) atoms. The van der Waals surface area contributed by atoms with Gasteiger partial charge in [0.15, 0.2) is 0 Å². The van der Waals surface area contributed by atoms with Crippen LogP contribution in [0.2, 0.25) is 0 Å². The van der Waals surface area contributed by atoms with Crippen LogP contribution in [0, 0.1) is 15.9 Å². The molecule has 0 heterocycles. The van der Waals surface area contributed by atoms with Crippen molar-refractivity contribution >= 4 is 27.5 Å². The molecule has 0 unspecified atom stereocenters. The number of nitrogens with zero attached hydrogens (tertiary/aromatic N) is 2. The Hall–Kier alpha value is -3.38. The molecule has 2 rings (SSSR count). The van der Waals surface area contributed by atoms with E-state index >= 15 is 0 Å². The number of nitrogens with one attached hydrogen (secondary N) is 2. The first-order valence-electron chi connectivity index (χ1n) is 8.76. The SMILES string of the molecule is CCN(CC)S(=O)(=O)c1ccc(F)c(C(=O)NNC(=O)c2cccc([N+](=O)[O-])c2)c1. The van der Waals surface area contributed by atoms with Gasteiger partial charge in [-0.05, 0) is 24.3 Å². The van der Waals surface area contributed by atoms with Gasteiger partial charge >= 0.3 is 0 Å². The number of rotatable bonds is 7. The molecule has 0 bridgehead atoms. The van der Waals surface area contributed by atoms with Crippen molar-refractivity contribution in [2.24, 2.45) is 0 Å². The number of sulfonamides is 1. The molecule has 0 aliphatic carbocycles. The van der Waals surface area contributed by atoms with Gasteiger partial charge in [-0.3, -0.25) is 30.6 Å². The number of benzene rings is 2. The van der Waals surface area contributed by atoms with Gasteiger partial charge in [-0.1, -0.05) is 19.9 Å². The van der Waals surface area contributed by atoms with Crippen molar-refractivity contribution in [2.45, 2.75) is 18.7 Å². The van der Waals surface area contributed by atoms with E-state index in [0.717, 1.165) is 28.6 Å². The van der Waals surface area contributed by atoms with Crippen LogP contribution in [0.1, 0.15) is 34.6 Å². The number of hydrazine groups is 1. The Bertz CT molecular complexity index is 1090. The zero-order valence-corrected chi connectivity index (χ0v) is 16.9. The Balaban J connectivity index is 2.20.